The van der Waals surface area contributed by atoms with Crippen molar-refractivity contribution < 1.29 is 55.7 Å². The summed E-state index contributed by atoms with van der Waals surface area (Å²) in [7, 11) is -2.58. The number of hydrogen-bond donors (Lipinski definition) is 3. The first-order chi connectivity index (χ1) is 28.3. The molecule has 1 aromatic carbocycles. The van der Waals surface area contributed by atoms with Crippen molar-refractivity contribution in [2.75, 3.05) is 13.7 Å². The van der Waals surface area contributed by atoms with Crippen LogP contribution in [-0.4, -0.2) is 112 Å². The van der Waals surface area contributed by atoms with Crippen molar-refractivity contribution in [1.29, 1.82) is 0 Å². The summed E-state index contributed by atoms with van der Waals surface area (Å²) in [5, 5.41) is 14.7. The lowest BCUT2D eigenvalue weighted by Crippen LogP contribution is -2.66. The highest BCUT2D eigenvalue weighted by atomic mass is 32.2. The SMILES string of the molecule is COc1ccc2c(O[C@@H]3C[C@H]4C(=O)N[C@]5(C(=O)NS(=O)(=O)C6(C)CC6)C[C@H]5/C=C\CC[C@H](C)C[C@@H](C)[C@H](N(C(=O)O)C(C)(C)C(C)(F)F)C(=O)N4C3)nc(OC(C)C)cc2c1. The molecule has 61 heavy (non-hydrogen) atoms. The van der Waals surface area contributed by atoms with Crippen LogP contribution < -0.4 is 24.2 Å². The number of amides is 4. The number of nitrogens with zero attached hydrogens (tertiary/aromatic N) is 3. The largest absolute Gasteiger partial charge is 0.497 e. The highest BCUT2D eigenvalue weighted by Crippen LogP contribution is 2.48. The van der Waals surface area contributed by atoms with Crippen LogP contribution in [0, 0.1) is 17.8 Å². The second kappa shape index (κ2) is 16.5. The van der Waals surface area contributed by atoms with E-state index in [1.807, 2.05) is 26.8 Å². The number of benzene rings is 1. The molecule has 1 saturated heterocycles. The molecule has 2 aromatic rings. The minimum atomic E-state index is -4.10. The zero-order valence-electron chi connectivity index (χ0n) is 36.3. The Hall–Kier alpha value is -4.74. The van der Waals surface area contributed by atoms with Crippen molar-refractivity contribution in [3.05, 3.63) is 36.4 Å². The van der Waals surface area contributed by atoms with Crippen molar-refractivity contribution in [1.82, 2.24) is 24.8 Å². The van der Waals surface area contributed by atoms with Gasteiger partial charge in [0.15, 0.2) is 0 Å². The minimum Gasteiger partial charge on any atom is -0.497 e. The van der Waals surface area contributed by atoms with Crippen molar-refractivity contribution in [3.8, 4) is 17.5 Å². The molecule has 7 atom stereocenters. The summed E-state index contributed by atoms with van der Waals surface area (Å²) in [6.07, 6.45) is 2.67. The van der Waals surface area contributed by atoms with Gasteiger partial charge >= 0.3 is 6.09 Å². The van der Waals surface area contributed by atoms with Crippen LogP contribution in [0.4, 0.5) is 13.6 Å². The fourth-order valence-corrected chi connectivity index (χ4v) is 9.83. The van der Waals surface area contributed by atoms with Gasteiger partial charge in [0.25, 0.3) is 11.8 Å². The summed E-state index contributed by atoms with van der Waals surface area (Å²) in [6, 6.07) is 3.83. The number of pyridine rings is 1. The van der Waals surface area contributed by atoms with Crippen molar-refractivity contribution in [2.45, 2.75) is 146 Å². The third-order valence-corrected chi connectivity index (χ3v) is 15.1. The number of sulfonamides is 1. The minimum absolute atomic E-state index is 0.0810. The molecule has 3 heterocycles. The highest BCUT2D eigenvalue weighted by molar-refractivity contribution is 7.91. The number of halogens is 2. The van der Waals surface area contributed by atoms with E-state index in [0.29, 0.717) is 54.0 Å². The zero-order valence-corrected chi connectivity index (χ0v) is 37.1. The van der Waals surface area contributed by atoms with E-state index in [-0.39, 0.29) is 49.6 Å². The predicted octanol–water partition coefficient (Wildman–Crippen LogP) is 6.05. The highest BCUT2D eigenvalue weighted by Gasteiger charge is 2.63. The van der Waals surface area contributed by atoms with Crippen LogP contribution in [0.1, 0.15) is 100 Å². The standard InChI is InChI=1S/C43H59F2N5O10S/c1-24(2)59-33-20-27-19-29(58-9)14-15-31(27)36(46-33)60-30-21-32-35(51)47-43(38(53)48-61(56,57)41(7)16-17-41)22-28(43)13-11-10-12-25(3)18-26(4)34(37(52)49(32)23-30)50(39(54)55)40(5,6)42(8,44)45/h11,13-15,19-20,24-26,28,30,32,34H,10,12,16-18,21-23H2,1-9H3,(H,47,51)(H,48,53)(H,54,55)/b13-11-/t25-,26+,28+,30+,32-,34-,43+/m0/s1. The first-order valence-electron chi connectivity index (χ1n) is 20.9. The Labute approximate surface area is 356 Å². The monoisotopic (exact) mass is 875 g/mol. The summed E-state index contributed by atoms with van der Waals surface area (Å²) < 4.78 is 76.4. The van der Waals surface area contributed by atoms with E-state index in [2.05, 4.69) is 15.0 Å². The van der Waals surface area contributed by atoms with E-state index in [1.165, 1.54) is 14.0 Å². The van der Waals surface area contributed by atoms with Gasteiger partial charge in [-0.25, -0.2) is 22.0 Å². The molecular formula is C43H59F2N5O10S. The summed E-state index contributed by atoms with van der Waals surface area (Å²) in [5.74, 6) is -6.83. The number of hydrogen-bond acceptors (Lipinski definition) is 10. The first kappa shape index (κ1) is 45.8. The van der Waals surface area contributed by atoms with E-state index in [9.17, 15) is 27.9 Å². The van der Waals surface area contributed by atoms with Crippen LogP contribution >= 0.6 is 0 Å². The molecule has 6 rings (SSSR count). The van der Waals surface area contributed by atoms with Gasteiger partial charge in [-0.3, -0.25) is 24.0 Å². The van der Waals surface area contributed by atoms with E-state index in [1.54, 1.807) is 37.3 Å². The van der Waals surface area contributed by atoms with E-state index < -0.39 is 85.6 Å². The van der Waals surface area contributed by atoms with Gasteiger partial charge in [-0.15, -0.1) is 0 Å². The Morgan fingerprint density at radius 2 is 1.80 bits per heavy atom. The second-order valence-electron chi connectivity index (χ2n) is 18.5. The van der Waals surface area contributed by atoms with Crippen molar-refractivity contribution in [3.63, 3.8) is 0 Å². The number of carbonyl (C=O) groups excluding carboxylic acids is 3. The number of carboxylic acid groups (broad SMARTS) is 1. The Bertz CT molecular complexity index is 2190. The molecule has 1 aromatic heterocycles. The number of carbonyl (C=O) groups is 4. The van der Waals surface area contributed by atoms with Gasteiger partial charge < -0.3 is 29.5 Å². The number of aromatic nitrogens is 1. The number of nitrogens with one attached hydrogen (secondary N) is 2. The van der Waals surface area contributed by atoms with Gasteiger partial charge in [-0.2, -0.15) is 4.98 Å². The molecule has 0 unspecified atom stereocenters. The molecule has 0 bridgehead atoms. The number of methoxy groups -OCH3 is 1. The molecule has 2 aliphatic carbocycles. The Morgan fingerprint density at radius 3 is 2.41 bits per heavy atom. The average Bonchev–Trinajstić information content (AvgIpc) is 4.03. The van der Waals surface area contributed by atoms with E-state index >= 15 is 13.6 Å². The Morgan fingerprint density at radius 1 is 1.11 bits per heavy atom. The number of ether oxygens (including phenoxy) is 3. The maximum Gasteiger partial charge on any atom is 0.408 e. The third-order valence-electron chi connectivity index (χ3n) is 13.0. The van der Waals surface area contributed by atoms with Crippen LogP contribution in [0.2, 0.25) is 0 Å². The smallest absolute Gasteiger partial charge is 0.408 e. The van der Waals surface area contributed by atoms with Crippen LogP contribution in [0.15, 0.2) is 36.4 Å². The predicted molar refractivity (Wildman–Crippen MR) is 222 cm³/mol. The zero-order chi connectivity index (χ0) is 45.0. The molecule has 15 nitrogen and oxygen atoms in total. The molecule has 2 saturated carbocycles. The molecule has 2 aliphatic heterocycles. The molecule has 336 valence electrons. The molecule has 4 amide bonds. The molecule has 3 fully saturated rings. The summed E-state index contributed by atoms with van der Waals surface area (Å²) >= 11 is 0. The van der Waals surface area contributed by atoms with Crippen LogP contribution in [0.25, 0.3) is 10.8 Å². The number of fused-ring (bicyclic) bond motifs is 3. The fraction of sp³-hybridized carbons (Fsp3) is 0.651. The molecule has 0 spiro atoms. The average molecular weight is 876 g/mol. The normalized spacial score (nSPS) is 28.7. The number of rotatable bonds is 11. The van der Waals surface area contributed by atoms with Gasteiger partial charge in [-0.05, 0) is 109 Å². The van der Waals surface area contributed by atoms with E-state index in [0.717, 1.165) is 18.7 Å². The fourth-order valence-electron chi connectivity index (χ4n) is 8.52. The molecule has 0 radical (unpaired) electrons. The number of allylic oxidation sites excluding steroid dienone is 1. The topological polar surface area (TPSA) is 194 Å². The maximum atomic E-state index is 15.4. The lowest BCUT2D eigenvalue weighted by molar-refractivity contribution is -0.156. The lowest BCUT2D eigenvalue weighted by atomic mass is 9.84. The van der Waals surface area contributed by atoms with Gasteiger partial charge in [-0.1, -0.05) is 26.0 Å². The Balaban J connectivity index is 1.44. The van der Waals surface area contributed by atoms with Crippen LogP contribution in [0.5, 0.6) is 17.5 Å². The number of alkyl halides is 2. The molecule has 18 heteroatoms. The maximum absolute atomic E-state index is 15.4. The molecule has 4 aliphatic rings. The van der Waals surface area contributed by atoms with Crippen molar-refractivity contribution in [2.24, 2.45) is 17.8 Å². The van der Waals surface area contributed by atoms with Gasteiger partial charge in [0, 0.05) is 30.7 Å². The molecule has 3 N–H and O–H groups in total. The summed E-state index contributed by atoms with van der Waals surface area (Å²) in [4.78, 5) is 63.5. The van der Waals surface area contributed by atoms with Gasteiger partial charge in [0.1, 0.15) is 35.0 Å². The van der Waals surface area contributed by atoms with Gasteiger partial charge in [0.2, 0.25) is 33.6 Å². The molecular weight excluding hydrogens is 817 g/mol. The second-order valence-corrected chi connectivity index (χ2v) is 20.7. The van der Waals surface area contributed by atoms with Crippen LogP contribution in [0.3, 0.4) is 0 Å². The summed E-state index contributed by atoms with van der Waals surface area (Å²) in [5.41, 5.74) is -4.07. The van der Waals surface area contributed by atoms with Gasteiger partial charge in [0.05, 0.1) is 24.5 Å². The Kier molecular flexibility index (Phi) is 12.4. The summed E-state index contributed by atoms with van der Waals surface area (Å²) in [6.45, 7) is 11.2. The first-order valence-corrected chi connectivity index (χ1v) is 22.4. The lowest BCUT2D eigenvalue weighted by Gasteiger charge is -2.47. The van der Waals surface area contributed by atoms with Crippen LogP contribution in [-0.2, 0) is 24.4 Å². The van der Waals surface area contributed by atoms with Crippen molar-refractivity contribution >= 4 is 44.6 Å². The quantitative estimate of drug-likeness (QED) is 0.223. The third kappa shape index (κ3) is 9.10. The van der Waals surface area contributed by atoms with E-state index in [4.69, 9.17) is 14.2 Å².